The van der Waals surface area contributed by atoms with E-state index in [-0.39, 0.29) is 11.8 Å². The van der Waals surface area contributed by atoms with E-state index in [1.807, 2.05) is 31.2 Å². The summed E-state index contributed by atoms with van der Waals surface area (Å²) in [6.07, 6.45) is 0.868. The maximum absolute atomic E-state index is 12.8. The zero-order valence-electron chi connectivity index (χ0n) is 16.6. The van der Waals surface area contributed by atoms with Crippen LogP contribution in [0.5, 0.6) is 5.75 Å². The fourth-order valence-electron chi connectivity index (χ4n) is 2.77. The Labute approximate surface area is 171 Å². The molecule has 28 heavy (non-hydrogen) atoms. The van der Waals surface area contributed by atoms with Crippen LogP contribution in [-0.4, -0.2) is 36.4 Å². The predicted octanol–water partition coefficient (Wildman–Crippen LogP) is 3.97. The lowest BCUT2D eigenvalue weighted by Crippen LogP contribution is -2.46. The first-order valence-electron chi connectivity index (χ1n) is 9.35. The number of benzene rings is 2. The van der Waals surface area contributed by atoms with Crippen molar-refractivity contribution in [2.75, 3.05) is 13.7 Å². The molecule has 0 fully saturated rings. The van der Waals surface area contributed by atoms with Crippen LogP contribution >= 0.6 is 11.6 Å². The lowest BCUT2D eigenvalue weighted by atomic mass is 10.1. The molecule has 0 aromatic heterocycles. The molecule has 2 rings (SSSR count). The average molecular weight is 403 g/mol. The van der Waals surface area contributed by atoms with E-state index in [4.69, 9.17) is 16.3 Å². The summed E-state index contributed by atoms with van der Waals surface area (Å²) in [6, 6.07) is 14.5. The Kier molecular flexibility index (Phi) is 8.33. The SMILES string of the molecule is CNC(=O)[C@H](C)N(Cc1ccc(C)cc1)C(=O)CCCOc1ccc(Cl)cc1. The molecule has 2 aromatic rings. The number of ether oxygens (including phenoxy) is 1. The summed E-state index contributed by atoms with van der Waals surface area (Å²) in [4.78, 5) is 26.5. The Morgan fingerprint density at radius 3 is 2.36 bits per heavy atom. The Bertz CT molecular complexity index is 775. The zero-order chi connectivity index (χ0) is 20.5. The lowest BCUT2D eigenvalue weighted by molar-refractivity contribution is -0.140. The van der Waals surface area contributed by atoms with Crippen molar-refractivity contribution in [1.29, 1.82) is 0 Å². The molecule has 1 atom stereocenters. The van der Waals surface area contributed by atoms with Crippen molar-refractivity contribution in [1.82, 2.24) is 10.2 Å². The summed E-state index contributed by atoms with van der Waals surface area (Å²) < 4.78 is 5.64. The van der Waals surface area contributed by atoms with Gasteiger partial charge in [-0.15, -0.1) is 0 Å². The number of carbonyl (C=O) groups is 2. The summed E-state index contributed by atoms with van der Waals surface area (Å²) in [5, 5.41) is 3.27. The molecule has 0 spiro atoms. The Balaban J connectivity index is 1.94. The van der Waals surface area contributed by atoms with Crippen LogP contribution in [0.25, 0.3) is 0 Å². The van der Waals surface area contributed by atoms with Crippen molar-refractivity contribution in [3.63, 3.8) is 0 Å². The molecule has 0 heterocycles. The standard InChI is InChI=1S/C22H27ClN2O3/c1-16-6-8-18(9-7-16)15-25(17(2)22(27)24-3)21(26)5-4-14-28-20-12-10-19(23)11-13-20/h6-13,17H,4-5,14-15H2,1-3H3,(H,24,27)/t17-/m0/s1. The van der Waals surface area contributed by atoms with E-state index < -0.39 is 6.04 Å². The monoisotopic (exact) mass is 402 g/mol. The van der Waals surface area contributed by atoms with Gasteiger partial charge >= 0.3 is 0 Å². The van der Waals surface area contributed by atoms with Gasteiger partial charge in [-0.05, 0) is 50.1 Å². The highest BCUT2D eigenvalue weighted by Crippen LogP contribution is 2.16. The normalized spacial score (nSPS) is 11.6. The van der Waals surface area contributed by atoms with Crippen molar-refractivity contribution in [2.45, 2.75) is 39.3 Å². The average Bonchev–Trinajstić information content (AvgIpc) is 2.70. The summed E-state index contributed by atoms with van der Waals surface area (Å²) in [5.41, 5.74) is 2.15. The maximum atomic E-state index is 12.8. The number of amides is 2. The third-order valence-electron chi connectivity index (χ3n) is 4.50. The van der Waals surface area contributed by atoms with Crippen molar-refractivity contribution < 1.29 is 14.3 Å². The van der Waals surface area contributed by atoms with Crippen LogP contribution in [-0.2, 0) is 16.1 Å². The Hall–Kier alpha value is -2.53. The van der Waals surface area contributed by atoms with Crippen LogP contribution in [0.2, 0.25) is 5.02 Å². The molecule has 0 saturated carbocycles. The van der Waals surface area contributed by atoms with E-state index in [0.29, 0.717) is 36.8 Å². The number of halogens is 1. The first-order chi connectivity index (χ1) is 13.4. The number of nitrogens with one attached hydrogen (secondary N) is 1. The molecule has 0 aliphatic rings. The highest BCUT2D eigenvalue weighted by Gasteiger charge is 2.25. The minimum absolute atomic E-state index is 0.0728. The second-order valence-corrected chi connectivity index (χ2v) is 7.14. The van der Waals surface area contributed by atoms with Crippen molar-refractivity contribution in [3.05, 3.63) is 64.7 Å². The highest BCUT2D eigenvalue weighted by atomic mass is 35.5. The van der Waals surface area contributed by atoms with Crippen molar-refractivity contribution in [3.8, 4) is 5.75 Å². The second kappa shape index (κ2) is 10.7. The van der Waals surface area contributed by atoms with Gasteiger partial charge in [0.25, 0.3) is 0 Å². The number of rotatable bonds is 9. The fourth-order valence-corrected chi connectivity index (χ4v) is 2.90. The number of carbonyl (C=O) groups excluding carboxylic acids is 2. The first-order valence-corrected chi connectivity index (χ1v) is 9.73. The zero-order valence-corrected chi connectivity index (χ0v) is 17.3. The van der Waals surface area contributed by atoms with Crippen LogP contribution < -0.4 is 10.1 Å². The van der Waals surface area contributed by atoms with Gasteiger partial charge in [0.1, 0.15) is 11.8 Å². The van der Waals surface area contributed by atoms with E-state index in [2.05, 4.69) is 5.32 Å². The summed E-state index contributed by atoms with van der Waals surface area (Å²) >= 11 is 5.85. The highest BCUT2D eigenvalue weighted by molar-refractivity contribution is 6.30. The summed E-state index contributed by atoms with van der Waals surface area (Å²) in [5.74, 6) is 0.460. The van der Waals surface area contributed by atoms with Crippen LogP contribution in [0.1, 0.15) is 30.9 Å². The van der Waals surface area contributed by atoms with E-state index in [1.165, 1.54) is 0 Å². The van der Waals surface area contributed by atoms with Gasteiger partial charge in [-0.25, -0.2) is 0 Å². The van der Waals surface area contributed by atoms with Gasteiger partial charge in [0.2, 0.25) is 11.8 Å². The van der Waals surface area contributed by atoms with Crippen LogP contribution in [0, 0.1) is 6.92 Å². The Morgan fingerprint density at radius 2 is 1.75 bits per heavy atom. The van der Waals surface area contributed by atoms with Gasteiger partial charge in [-0.3, -0.25) is 9.59 Å². The topological polar surface area (TPSA) is 58.6 Å². The Morgan fingerprint density at radius 1 is 1.11 bits per heavy atom. The molecule has 5 nitrogen and oxygen atoms in total. The number of nitrogens with zero attached hydrogens (tertiary/aromatic N) is 1. The van der Waals surface area contributed by atoms with Crippen molar-refractivity contribution in [2.24, 2.45) is 0 Å². The number of hydrogen-bond donors (Lipinski definition) is 1. The fraction of sp³-hybridized carbons (Fsp3) is 0.364. The van der Waals surface area contributed by atoms with E-state index in [1.54, 1.807) is 43.1 Å². The van der Waals surface area contributed by atoms with E-state index >= 15 is 0 Å². The number of aryl methyl sites for hydroxylation is 1. The van der Waals surface area contributed by atoms with Crippen LogP contribution in [0.4, 0.5) is 0 Å². The molecule has 0 unspecified atom stereocenters. The third-order valence-corrected chi connectivity index (χ3v) is 4.76. The molecular formula is C22H27ClN2O3. The molecule has 6 heteroatoms. The molecule has 1 N–H and O–H groups in total. The molecule has 2 aromatic carbocycles. The van der Waals surface area contributed by atoms with Crippen molar-refractivity contribution >= 4 is 23.4 Å². The van der Waals surface area contributed by atoms with Gasteiger partial charge < -0.3 is 15.0 Å². The van der Waals surface area contributed by atoms with Gasteiger partial charge in [0.05, 0.1) is 6.61 Å². The van der Waals surface area contributed by atoms with Gasteiger partial charge in [-0.2, -0.15) is 0 Å². The third kappa shape index (κ3) is 6.57. The molecular weight excluding hydrogens is 376 g/mol. The van der Waals surface area contributed by atoms with E-state index in [9.17, 15) is 9.59 Å². The molecule has 150 valence electrons. The largest absolute Gasteiger partial charge is 0.494 e. The van der Waals surface area contributed by atoms with Gasteiger partial charge in [-0.1, -0.05) is 41.4 Å². The quantitative estimate of drug-likeness (QED) is 0.645. The number of likely N-dealkylation sites (N-methyl/N-ethyl adjacent to an activating group) is 1. The smallest absolute Gasteiger partial charge is 0.242 e. The van der Waals surface area contributed by atoms with Gasteiger partial charge in [0.15, 0.2) is 0 Å². The molecule has 0 bridgehead atoms. The summed E-state index contributed by atoms with van der Waals surface area (Å²) in [6.45, 7) is 4.57. The summed E-state index contributed by atoms with van der Waals surface area (Å²) in [7, 11) is 1.58. The molecule has 0 radical (unpaired) electrons. The lowest BCUT2D eigenvalue weighted by Gasteiger charge is -2.28. The minimum atomic E-state index is -0.545. The molecule has 0 aliphatic carbocycles. The first kappa shape index (κ1) is 21.8. The number of hydrogen-bond acceptors (Lipinski definition) is 3. The van der Waals surface area contributed by atoms with Gasteiger partial charge in [0, 0.05) is 25.0 Å². The van der Waals surface area contributed by atoms with Crippen LogP contribution in [0.15, 0.2) is 48.5 Å². The predicted molar refractivity (Wildman–Crippen MR) is 111 cm³/mol. The minimum Gasteiger partial charge on any atom is -0.494 e. The van der Waals surface area contributed by atoms with E-state index in [0.717, 1.165) is 11.1 Å². The van der Waals surface area contributed by atoms with Crippen LogP contribution in [0.3, 0.4) is 0 Å². The molecule has 0 saturated heterocycles. The second-order valence-electron chi connectivity index (χ2n) is 6.70. The molecule has 2 amide bonds. The molecule has 0 aliphatic heterocycles. The maximum Gasteiger partial charge on any atom is 0.242 e.